The summed E-state index contributed by atoms with van der Waals surface area (Å²) < 4.78 is 6.66. The molecule has 4 rings (SSSR count). The van der Waals surface area contributed by atoms with Crippen LogP contribution in [0.25, 0.3) is 22.6 Å². The average Bonchev–Trinajstić information content (AvgIpc) is 3.24. The quantitative estimate of drug-likeness (QED) is 0.518. The lowest BCUT2D eigenvalue weighted by Crippen LogP contribution is -1.98. The van der Waals surface area contributed by atoms with Crippen molar-refractivity contribution in [2.24, 2.45) is 0 Å². The summed E-state index contributed by atoms with van der Waals surface area (Å²) in [5.74, 6) is 1.03. The molecule has 24 heavy (non-hydrogen) atoms. The van der Waals surface area contributed by atoms with Gasteiger partial charge in [0.25, 0.3) is 0 Å². The molecule has 8 heteroatoms. The van der Waals surface area contributed by atoms with Crippen molar-refractivity contribution in [1.29, 1.82) is 0 Å². The van der Waals surface area contributed by atoms with E-state index in [0.717, 1.165) is 26.7 Å². The number of aromatic amines is 1. The monoisotopic (exact) mass is 403 g/mol. The number of anilines is 1. The lowest BCUT2D eigenvalue weighted by molar-refractivity contribution is 0.625. The Morgan fingerprint density at radius 1 is 1.17 bits per heavy atom. The normalized spacial score (nSPS) is 11.1. The van der Waals surface area contributed by atoms with Crippen LogP contribution in [0.4, 0.5) is 5.69 Å². The Bertz CT molecular complexity index is 999. The molecule has 0 saturated heterocycles. The molecule has 0 saturated carbocycles. The number of fused-ring (bicyclic) bond motifs is 1. The number of benzene rings is 2. The smallest absolute Gasteiger partial charge is 0.239 e. The third kappa shape index (κ3) is 3.00. The lowest BCUT2D eigenvalue weighted by atomic mass is 10.1. The first-order chi connectivity index (χ1) is 11.7. The van der Waals surface area contributed by atoms with Gasteiger partial charge in [-0.25, -0.2) is 0 Å². The summed E-state index contributed by atoms with van der Waals surface area (Å²) in [6, 6.07) is 13.7. The SMILES string of the molecule is Clc1ccc(NCc2ccc3cc(-c4nn[nH]n4)oc3c2)cc1Br. The molecular weight excluding hydrogens is 394 g/mol. The summed E-state index contributed by atoms with van der Waals surface area (Å²) in [7, 11) is 0. The summed E-state index contributed by atoms with van der Waals surface area (Å²) in [5.41, 5.74) is 2.87. The molecule has 0 amide bonds. The minimum atomic E-state index is 0.442. The standard InChI is InChI=1S/C16H11BrClN5O/c17-12-7-11(3-4-13(12)18)19-8-9-1-2-10-6-15(24-14(10)5-9)16-20-22-23-21-16/h1-7,19H,8H2,(H,20,21,22,23). The number of nitrogens with one attached hydrogen (secondary N) is 2. The molecule has 2 aromatic carbocycles. The van der Waals surface area contributed by atoms with Crippen molar-refractivity contribution in [3.8, 4) is 11.6 Å². The fourth-order valence-corrected chi connectivity index (χ4v) is 2.87. The number of nitrogens with zero attached hydrogens (tertiary/aromatic N) is 3. The number of halogens is 2. The molecule has 0 unspecified atom stereocenters. The van der Waals surface area contributed by atoms with Crippen LogP contribution in [-0.4, -0.2) is 20.6 Å². The lowest BCUT2D eigenvalue weighted by Gasteiger charge is -2.07. The van der Waals surface area contributed by atoms with Gasteiger partial charge in [-0.2, -0.15) is 5.21 Å². The van der Waals surface area contributed by atoms with E-state index in [1.54, 1.807) is 0 Å². The van der Waals surface area contributed by atoms with Gasteiger partial charge in [0.2, 0.25) is 5.82 Å². The van der Waals surface area contributed by atoms with Crippen LogP contribution in [-0.2, 0) is 6.54 Å². The molecule has 0 aliphatic carbocycles. The fourth-order valence-electron chi connectivity index (χ4n) is 2.37. The van der Waals surface area contributed by atoms with Crippen molar-refractivity contribution >= 4 is 44.2 Å². The van der Waals surface area contributed by atoms with E-state index in [0.29, 0.717) is 23.2 Å². The second-order valence-corrected chi connectivity index (χ2v) is 6.46. The molecule has 0 radical (unpaired) electrons. The zero-order chi connectivity index (χ0) is 16.5. The summed E-state index contributed by atoms with van der Waals surface area (Å²) in [4.78, 5) is 0. The highest BCUT2D eigenvalue weighted by Gasteiger charge is 2.10. The van der Waals surface area contributed by atoms with Gasteiger partial charge in [0.05, 0.1) is 5.02 Å². The van der Waals surface area contributed by atoms with Crippen LogP contribution in [0.5, 0.6) is 0 Å². The van der Waals surface area contributed by atoms with Gasteiger partial charge in [-0.15, -0.1) is 10.2 Å². The third-order valence-electron chi connectivity index (χ3n) is 3.57. The van der Waals surface area contributed by atoms with Crippen LogP contribution >= 0.6 is 27.5 Å². The molecule has 0 atom stereocenters. The zero-order valence-corrected chi connectivity index (χ0v) is 14.6. The fraction of sp³-hybridized carbons (Fsp3) is 0.0625. The van der Waals surface area contributed by atoms with Crippen molar-refractivity contribution in [2.45, 2.75) is 6.54 Å². The Kier molecular flexibility index (Phi) is 3.95. The number of furan rings is 1. The Labute approximate surface area is 150 Å². The average molecular weight is 405 g/mol. The Morgan fingerprint density at radius 3 is 2.88 bits per heavy atom. The van der Waals surface area contributed by atoms with Crippen molar-refractivity contribution in [2.75, 3.05) is 5.32 Å². The van der Waals surface area contributed by atoms with E-state index in [1.807, 2.05) is 36.4 Å². The molecule has 2 heterocycles. The van der Waals surface area contributed by atoms with Gasteiger partial charge in [0.15, 0.2) is 5.76 Å². The summed E-state index contributed by atoms with van der Waals surface area (Å²) >= 11 is 9.42. The molecule has 0 fully saturated rings. The molecule has 2 aromatic heterocycles. The van der Waals surface area contributed by atoms with E-state index in [1.165, 1.54) is 0 Å². The molecule has 120 valence electrons. The van der Waals surface area contributed by atoms with Crippen LogP contribution < -0.4 is 5.32 Å². The summed E-state index contributed by atoms with van der Waals surface area (Å²) in [5, 5.41) is 18.9. The van der Waals surface area contributed by atoms with Gasteiger partial charge in [0, 0.05) is 22.1 Å². The van der Waals surface area contributed by atoms with Crippen LogP contribution in [0.1, 0.15) is 5.56 Å². The highest BCUT2D eigenvalue weighted by Crippen LogP contribution is 2.27. The van der Waals surface area contributed by atoms with E-state index >= 15 is 0 Å². The minimum absolute atomic E-state index is 0.442. The summed E-state index contributed by atoms with van der Waals surface area (Å²) in [6.45, 7) is 0.669. The molecule has 2 N–H and O–H groups in total. The van der Waals surface area contributed by atoms with Gasteiger partial charge in [-0.3, -0.25) is 0 Å². The van der Waals surface area contributed by atoms with Gasteiger partial charge >= 0.3 is 0 Å². The van der Waals surface area contributed by atoms with Gasteiger partial charge in [0.1, 0.15) is 5.58 Å². The van der Waals surface area contributed by atoms with Gasteiger partial charge in [-0.1, -0.05) is 23.7 Å². The first kappa shape index (κ1) is 15.2. The molecule has 0 aliphatic rings. The topological polar surface area (TPSA) is 79.6 Å². The van der Waals surface area contributed by atoms with Crippen LogP contribution in [0.2, 0.25) is 5.02 Å². The molecule has 4 aromatic rings. The first-order valence-corrected chi connectivity index (χ1v) is 8.31. The van der Waals surface area contributed by atoms with Gasteiger partial charge in [-0.05, 0) is 57.0 Å². The van der Waals surface area contributed by atoms with E-state index in [4.69, 9.17) is 16.0 Å². The number of H-pyrrole nitrogens is 1. The highest BCUT2D eigenvalue weighted by atomic mass is 79.9. The number of rotatable bonds is 4. The van der Waals surface area contributed by atoms with Crippen molar-refractivity contribution < 1.29 is 4.42 Å². The number of hydrogen-bond donors (Lipinski definition) is 2. The Balaban J connectivity index is 1.55. The van der Waals surface area contributed by atoms with E-state index < -0.39 is 0 Å². The molecule has 6 nitrogen and oxygen atoms in total. The van der Waals surface area contributed by atoms with Crippen LogP contribution in [0, 0.1) is 0 Å². The van der Waals surface area contributed by atoms with Crippen LogP contribution in [0.15, 0.2) is 51.4 Å². The second kappa shape index (κ2) is 6.26. The Hall–Kier alpha value is -2.38. The van der Waals surface area contributed by atoms with Crippen LogP contribution in [0.3, 0.4) is 0 Å². The van der Waals surface area contributed by atoms with Gasteiger partial charge < -0.3 is 9.73 Å². The largest absolute Gasteiger partial charge is 0.453 e. The van der Waals surface area contributed by atoms with E-state index in [-0.39, 0.29) is 0 Å². The zero-order valence-electron chi connectivity index (χ0n) is 12.3. The minimum Gasteiger partial charge on any atom is -0.453 e. The number of hydrogen-bond acceptors (Lipinski definition) is 5. The maximum absolute atomic E-state index is 6.00. The van der Waals surface area contributed by atoms with E-state index in [9.17, 15) is 0 Å². The molecular formula is C16H11BrClN5O. The Morgan fingerprint density at radius 2 is 2.08 bits per heavy atom. The summed E-state index contributed by atoms with van der Waals surface area (Å²) in [6.07, 6.45) is 0. The van der Waals surface area contributed by atoms with Crippen molar-refractivity contribution in [3.63, 3.8) is 0 Å². The first-order valence-electron chi connectivity index (χ1n) is 7.14. The second-order valence-electron chi connectivity index (χ2n) is 5.20. The predicted molar refractivity (Wildman–Crippen MR) is 95.9 cm³/mol. The third-order valence-corrected chi connectivity index (χ3v) is 4.78. The van der Waals surface area contributed by atoms with E-state index in [2.05, 4.69) is 47.9 Å². The maximum Gasteiger partial charge on any atom is 0.239 e. The van der Waals surface area contributed by atoms with Crippen molar-refractivity contribution in [1.82, 2.24) is 20.6 Å². The number of aromatic nitrogens is 4. The number of tetrazole rings is 1. The molecule has 0 spiro atoms. The molecule has 0 aliphatic heterocycles. The highest BCUT2D eigenvalue weighted by molar-refractivity contribution is 9.10. The maximum atomic E-state index is 6.00. The molecule has 0 bridgehead atoms. The predicted octanol–water partition coefficient (Wildman–Crippen LogP) is 4.64. The van der Waals surface area contributed by atoms with Crippen molar-refractivity contribution in [3.05, 3.63) is 57.5 Å².